The predicted molar refractivity (Wildman–Crippen MR) is 48.8 cm³/mol. The summed E-state index contributed by atoms with van der Waals surface area (Å²) in [6.07, 6.45) is 2.16. The molecular weight excluding hydrogens is 212 g/mol. The summed E-state index contributed by atoms with van der Waals surface area (Å²) >= 11 is 0. The maximum atomic E-state index is 10.1. The smallest absolute Gasteiger partial charge is 0.320 e. The van der Waals surface area contributed by atoms with Crippen LogP contribution >= 0.6 is 17.0 Å². The number of carboxylic acid groups (broad SMARTS) is 1. The van der Waals surface area contributed by atoms with Gasteiger partial charge in [-0.2, -0.15) is 0 Å². The van der Waals surface area contributed by atoms with Crippen LogP contribution in [-0.2, 0) is 4.79 Å². The lowest BCUT2D eigenvalue weighted by molar-refractivity contribution is -0.138. The van der Waals surface area contributed by atoms with Crippen molar-refractivity contribution < 1.29 is 9.90 Å². The van der Waals surface area contributed by atoms with Crippen LogP contribution in [0.4, 0.5) is 0 Å². The maximum Gasteiger partial charge on any atom is 0.320 e. The molecule has 1 atom stereocenters. The molecule has 5 heteroatoms. The molecular formula is C6H15BrN2O2. The highest BCUT2D eigenvalue weighted by Crippen LogP contribution is 1.96. The average molecular weight is 227 g/mol. The molecule has 0 aliphatic carbocycles. The lowest BCUT2D eigenvalue weighted by Crippen LogP contribution is -2.29. The summed E-state index contributed by atoms with van der Waals surface area (Å²) in [5.74, 6) is -0.933. The number of nitrogens with two attached hydrogens (primary N) is 2. The molecule has 0 radical (unpaired) electrons. The molecule has 0 saturated carbocycles. The van der Waals surface area contributed by atoms with E-state index in [1.54, 1.807) is 0 Å². The van der Waals surface area contributed by atoms with Gasteiger partial charge in [-0.05, 0) is 19.4 Å². The van der Waals surface area contributed by atoms with Crippen LogP contribution in [0.15, 0.2) is 0 Å². The first-order valence-electron chi connectivity index (χ1n) is 3.37. The fraction of sp³-hybridized carbons (Fsp3) is 0.833. The van der Waals surface area contributed by atoms with E-state index in [4.69, 9.17) is 16.6 Å². The van der Waals surface area contributed by atoms with Crippen molar-refractivity contribution in [3.05, 3.63) is 0 Å². The Labute approximate surface area is 76.7 Å². The molecule has 0 amide bonds. The maximum absolute atomic E-state index is 10.1. The van der Waals surface area contributed by atoms with E-state index < -0.39 is 12.0 Å². The second kappa shape index (κ2) is 7.97. The molecule has 0 aliphatic rings. The van der Waals surface area contributed by atoms with Gasteiger partial charge < -0.3 is 16.6 Å². The third kappa shape index (κ3) is 7.77. The van der Waals surface area contributed by atoms with Gasteiger partial charge in [0.15, 0.2) is 0 Å². The highest BCUT2D eigenvalue weighted by atomic mass is 79.9. The second-order valence-electron chi connectivity index (χ2n) is 2.23. The van der Waals surface area contributed by atoms with Gasteiger partial charge in [0.1, 0.15) is 6.04 Å². The van der Waals surface area contributed by atoms with Gasteiger partial charge in [-0.1, -0.05) is 6.42 Å². The summed E-state index contributed by atoms with van der Waals surface area (Å²) in [6.45, 7) is 0.604. The van der Waals surface area contributed by atoms with Gasteiger partial charge in [0.25, 0.3) is 0 Å². The van der Waals surface area contributed by atoms with E-state index in [0.29, 0.717) is 13.0 Å². The van der Waals surface area contributed by atoms with Crippen molar-refractivity contribution in [3.8, 4) is 0 Å². The topological polar surface area (TPSA) is 89.3 Å². The van der Waals surface area contributed by atoms with Gasteiger partial charge in [0.05, 0.1) is 0 Å². The summed E-state index contributed by atoms with van der Waals surface area (Å²) in [5, 5.41) is 8.33. The molecule has 0 aromatic rings. The van der Waals surface area contributed by atoms with E-state index in [1.165, 1.54) is 0 Å². The molecule has 0 spiro atoms. The lowest BCUT2D eigenvalue weighted by Gasteiger charge is -2.03. The Morgan fingerprint density at radius 3 is 2.36 bits per heavy atom. The Kier molecular flexibility index (Phi) is 9.75. The Balaban J connectivity index is 0. The van der Waals surface area contributed by atoms with Crippen LogP contribution in [0.1, 0.15) is 19.3 Å². The first-order chi connectivity index (χ1) is 4.68. The fourth-order valence-electron chi connectivity index (χ4n) is 0.632. The van der Waals surface area contributed by atoms with E-state index in [-0.39, 0.29) is 17.0 Å². The van der Waals surface area contributed by atoms with Crippen LogP contribution in [0, 0.1) is 0 Å². The van der Waals surface area contributed by atoms with E-state index in [1.807, 2.05) is 0 Å². The molecule has 5 N–H and O–H groups in total. The Bertz CT molecular complexity index is 111. The van der Waals surface area contributed by atoms with Gasteiger partial charge in [-0.3, -0.25) is 4.79 Å². The zero-order valence-corrected chi connectivity index (χ0v) is 8.04. The van der Waals surface area contributed by atoms with Gasteiger partial charge >= 0.3 is 5.97 Å². The van der Waals surface area contributed by atoms with Crippen LogP contribution in [0.5, 0.6) is 0 Å². The largest absolute Gasteiger partial charge is 0.480 e. The highest BCUT2D eigenvalue weighted by Gasteiger charge is 2.09. The molecule has 0 bridgehead atoms. The van der Waals surface area contributed by atoms with Gasteiger partial charge in [0, 0.05) is 0 Å². The number of hydrogen-bond acceptors (Lipinski definition) is 3. The third-order valence-electron chi connectivity index (χ3n) is 1.29. The van der Waals surface area contributed by atoms with Crippen LogP contribution < -0.4 is 11.5 Å². The molecule has 0 aromatic carbocycles. The minimum atomic E-state index is -0.933. The summed E-state index contributed by atoms with van der Waals surface area (Å²) in [5.41, 5.74) is 10.4. The molecule has 0 rings (SSSR count). The summed E-state index contributed by atoms with van der Waals surface area (Å²) in [6, 6.07) is -0.716. The quantitative estimate of drug-likeness (QED) is 0.581. The monoisotopic (exact) mass is 226 g/mol. The first-order valence-corrected chi connectivity index (χ1v) is 3.37. The number of carbonyl (C=O) groups is 1. The van der Waals surface area contributed by atoms with Crippen molar-refractivity contribution in [3.63, 3.8) is 0 Å². The van der Waals surface area contributed by atoms with Crippen molar-refractivity contribution in [2.75, 3.05) is 6.54 Å². The molecule has 68 valence electrons. The van der Waals surface area contributed by atoms with Crippen molar-refractivity contribution in [1.29, 1.82) is 0 Å². The molecule has 0 heterocycles. The van der Waals surface area contributed by atoms with Crippen molar-refractivity contribution >= 4 is 23.0 Å². The van der Waals surface area contributed by atoms with E-state index in [0.717, 1.165) is 12.8 Å². The molecule has 0 fully saturated rings. The Morgan fingerprint density at radius 1 is 1.45 bits per heavy atom. The average Bonchev–Trinajstić information content (AvgIpc) is 1.88. The minimum absolute atomic E-state index is 0. The van der Waals surface area contributed by atoms with Crippen molar-refractivity contribution in [2.24, 2.45) is 11.5 Å². The van der Waals surface area contributed by atoms with E-state index >= 15 is 0 Å². The van der Waals surface area contributed by atoms with Crippen molar-refractivity contribution in [1.82, 2.24) is 0 Å². The molecule has 0 unspecified atom stereocenters. The summed E-state index contributed by atoms with van der Waals surface area (Å²) < 4.78 is 0. The lowest BCUT2D eigenvalue weighted by atomic mass is 10.1. The minimum Gasteiger partial charge on any atom is -0.480 e. The summed E-state index contributed by atoms with van der Waals surface area (Å²) in [7, 11) is 0. The van der Waals surface area contributed by atoms with Crippen LogP contribution in [0.3, 0.4) is 0 Å². The van der Waals surface area contributed by atoms with E-state index in [2.05, 4.69) is 0 Å². The zero-order chi connectivity index (χ0) is 7.98. The first kappa shape index (κ1) is 13.5. The molecule has 4 nitrogen and oxygen atoms in total. The number of halogens is 1. The normalized spacial score (nSPS) is 11.8. The van der Waals surface area contributed by atoms with Crippen molar-refractivity contribution in [2.45, 2.75) is 25.3 Å². The second-order valence-corrected chi connectivity index (χ2v) is 2.23. The van der Waals surface area contributed by atoms with Crippen LogP contribution in [-0.4, -0.2) is 23.7 Å². The number of carboxylic acids is 1. The van der Waals surface area contributed by atoms with Gasteiger partial charge in [0.2, 0.25) is 0 Å². The highest BCUT2D eigenvalue weighted by molar-refractivity contribution is 8.93. The Morgan fingerprint density at radius 2 is 2.00 bits per heavy atom. The number of unbranched alkanes of at least 4 members (excludes halogenated alkanes) is 1. The predicted octanol–water partition coefficient (Wildman–Crippen LogP) is 0.105. The van der Waals surface area contributed by atoms with Crippen LogP contribution in [0.25, 0.3) is 0 Å². The van der Waals surface area contributed by atoms with Crippen LogP contribution in [0.2, 0.25) is 0 Å². The third-order valence-corrected chi connectivity index (χ3v) is 1.29. The zero-order valence-electron chi connectivity index (χ0n) is 6.32. The Hall–Kier alpha value is -0.130. The summed E-state index contributed by atoms with van der Waals surface area (Å²) in [4.78, 5) is 10.1. The molecule has 0 aliphatic heterocycles. The molecule has 0 saturated heterocycles. The molecule has 11 heavy (non-hydrogen) atoms. The van der Waals surface area contributed by atoms with Gasteiger partial charge in [-0.25, -0.2) is 0 Å². The fourth-order valence-corrected chi connectivity index (χ4v) is 0.632. The SMILES string of the molecule is Br.NCCCC[C@H](N)C(=O)O. The van der Waals surface area contributed by atoms with Gasteiger partial charge in [-0.15, -0.1) is 17.0 Å². The number of hydrogen-bond donors (Lipinski definition) is 3. The number of aliphatic carboxylic acids is 1. The number of rotatable bonds is 5. The van der Waals surface area contributed by atoms with E-state index in [9.17, 15) is 4.79 Å². The standard InChI is InChI=1S/C6H14N2O2.BrH/c7-4-2-1-3-5(8)6(9)10;/h5H,1-4,7-8H2,(H,9,10);1H/t5-;/m0./s1. The molecule has 0 aromatic heterocycles.